The maximum atomic E-state index is 13.2. The lowest BCUT2D eigenvalue weighted by Gasteiger charge is -2.12. The number of hydrogen-bond acceptors (Lipinski definition) is 4. The molecule has 0 unspecified atom stereocenters. The summed E-state index contributed by atoms with van der Waals surface area (Å²) in [5.74, 6) is 0.434. The number of benzene rings is 2. The van der Waals surface area contributed by atoms with Crippen molar-refractivity contribution >= 4 is 5.82 Å². The molecule has 1 aromatic heterocycles. The molecule has 0 spiro atoms. The fraction of sp³-hybridized carbons (Fsp3) is 0.0526. The van der Waals surface area contributed by atoms with Crippen molar-refractivity contribution in [1.29, 1.82) is 5.26 Å². The van der Waals surface area contributed by atoms with E-state index in [1.807, 2.05) is 24.3 Å². The Balaban J connectivity index is 2.24. The Kier molecular flexibility index (Phi) is 4.13. The van der Waals surface area contributed by atoms with Gasteiger partial charge in [-0.1, -0.05) is 24.3 Å². The molecule has 0 amide bonds. The lowest BCUT2D eigenvalue weighted by molar-refractivity contribution is 0.416. The summed E-state index contributed by atoms with van der Waals surface area (Å²) in [7, 11) is 1.58. The van der Waals surface area contributed by atoms with Crippen molar-refractivity contribution in [3.8, 4) is 34.2 Å². The highest BCUT2D eigenvalue weighted by Crippen LogP contribution is 2.34. The van der Waals surface area contributed by atoms with Gasteiger partial charge in [0.1, 0.15) is 29.0 Å². The van der Waals surface area contributed by atoms with Crippen LogP contribution in [0.15, 0.2) is 54.6 Å². The van der Waals surface area contributed by atoms with Crippen LogP contribution in [-0.2, 0) is 0 Å². The predicted molar refractivity (Wildman–Crippen MR) is 90.7 cm³/mol. The van der Waals surface area contributed by atoms with E-state index in [0.29, 0.717) is 22.6 Å². The van der Waals surface area contributed by atoms with Crippen LogP contribution in [0.5, 0.6) is 5.75 Å². The van der Waals surface area contributed by atoms with E-state index in [4.69, 9.17) is 10.5 Å². The van der Waals surface area contributed by atoms with E-state index in [0.717, 1.165) is 5.56 Å². The van der Waals surface area contributed by atoms with Gasteiger partial charge in [0, 0.05) is 11.1 Å². The van der Waals surface area contributed by atoms with E-state index in [1.54, 1.807) is 25.3 Å². The summed E-state index contributed by atoms with van der Waals surface area (Å²) < 4.78 is 18.6. The molecule has 0 aliphatic carbocycles. The zero-order chi connectivity index (χ0) is 17.1. The summed E-state index contributed by atoms with van der Waals surface area (Å²) in [5.41, 5.74) is 8.89. The van der Waals surface area contributed by atoms with Gasteiger partial charge in [-0.05, 0) is 35.9 Å². The summed E-state index contributed by atoms with van der Waals surface area (Å²) in [6.45, 7) is 0. The van der Waals surface area contributed by atoms with Crippen molar-refractivity contribution in [3.63, 3.8) is 0 Å². The number of para-hydroxylation sites is 1. The van der Waals surface area contributed by atoms with Crippen LogP contribution in [0, 0.1) is 17.1 Å². The van der Waals surface area contributed by atoms with E-state index in [9.17, 15) is 9.65 Å². The zero-order valence-electron chi connectivity index (χ0n) is 13.0. The van der Waals surface area contributed by atoms with Crippen molar-refractivity contribution in [2.75, 3.05) is 12.8 Å². The van der Waals surface area contributed by atoms with Crippen molar-refractivity contribution in [3.05, 3.63) is 66.0 Å². The van der Waals surface area contributed by atoms with Crippen LogP contribution >= 0.6 is 0 Å². The Morgan fingerprint density at radius 2 is 1.79 bits per heavy atom. The number of nitrogens with two attached hydrogens (primary N) is 1. The monoisotopic (exact) mass is 319 g/mol. The standard InChI is InChI=1S/C19H14FN3O/c1-24-18-5-3-2-4-14(18)17-10-15(16(11-21)19(22)23-17)12-6-8-13(20)9-7-12/h2-10H,1H3,(H2,22,23). The number of methoxy groups -OCH3 is 1. The molecule has 0 saturated carbocycles. The van der Waals surface area contributed by atoms with Crippen LogP contribution < -0.4 is 10.5 Å². The second-order valence-electron chi connectivity index (χ2n) is 5.13. The van der Waals surface area contributed by atoms with Crippen molar-refractivity contribution < 1.29 is 9.13 Å². The average Bonchev–Trinajstić information content (AvgIpc) is 2.61. The minimum atomic E-state index is -0.343. The molecular formula is C19H14FN3O. The van der Waals surface area contributed by atoms with Gasteiger partial charge < -0.3 is 10.5 Å². The Morgan fingerprint density at radius 1 is 1.08 bits per heavy atom. The third-order valence-corrected chi connectivity index (χ3v) is 3.70. The summed E-state index contributed by atoms with van der Waals surface area (Å²) in [5, 5.41) is 9.41. The number of anilines is 1. The molecule has 0 fully saturated rings. The number of ether oxygens (including phenoxy) is 1. The zero-order valence-corrected chi connectivity index (χ0v) is 13.0. The first-order valence-corrected chi connectivity index (χ1v) is 7.24. The van der Waals surface area contributed by atoms with Gasteiger partial charge in [0.2, 0.25) is 0 Å². The number of pyridine rings is 1. The molecule has 0 bridgehead atoms. The minimum absolute atomic E-state index is 0.125. The Hall–Kier alpha value is -3.39. The lowest BCUT2D eigenvalue weighted by Crippen LogP contribution is -2.00. The van der Waals surface area contributed by atoms with Crippen LogP contribution in [0.2, 0.25) is 0 Å². The highest BCUT2D eigenvalue weighted by molar-refractivity contribution is 5.81. The Bertz CT molecular complexity index is 930. The van der Waals surface area contributed by atoms with Crippen LogP contribution in [0.4, 0.5) is 10.2 Å². The van der Waals surface area contributed by atoms with Gasteiger partial charge >= 0.3 is 0 Å². The number of hydrogen-bond donors (Lipinski definition) is 1. The van der Waals surface area contributed by atoms with E-state index < -0.39 is 0 Å². The van der Waals surface area contributed by atoms with E-state index in [2.05, 4.69) is 11.1 Å². The van der Waals surface area contributed by atoms with Gasteiger partial charge in [-0.15, -0.1) is 0 Å². The van der Waals surface area contributed by atoms with E-state index in [1.165, 1.54) is 12.1 Å². The summed E-state index contributed by atoms with van der Waals surface area (Å²) in [4.78, 5) is 4.33. The number of aromatic nitrogens is 1. The number of rotatable bonds is 3. The summed E-state index contributed by atoms with van der Waals surface area (Å²) in [6, 6.07) is 17.1. The average molecular weight is 319 g/mol. The molecule has 3 aromatic rings. The van der Waals surface area contributed by atoms with Crippen LogP contribution in [-0.4, -0.2) is 12.1 Å². The Labute approximate surface area is 139 Å². The first-order chi connectivity index (χ1) is 11.6. The minimum Gasteiger partial charge on any atom is -0.496 e. The number of nitriles is 1. The second-order valence-corrected chi connectivity index (χ2v) is 5.13. The highest BCUT2D eigenvalue weighted by atomic mass is 19.1. The van der Waals surface area contributed by atoms with Crippen LogP contribution in [0.25, 0.3) is 22.4 Å². The van der Waals surface area contributed by atoms with Crippen molar-refractivity contribution in [2.45, 2.75) is 0 Å². The molecule has 24 heavy (non-hydrogen) atoms. The van der Waals surface area contributed by atoms with E-state index >= 15 is 0 Å². The van der Waals surface area contributed by atoms with Crippen LogP contribution in [0.1, 0.15) is 5.56 Å². The molecule has 4 nitrogen and oxygen atoms in total. The van der Waals surface area contributed by atoms with Crippen molar-refractivity contribution in [1.82, 2.24) is 4.98 Å². The normalized spacial score (nSPS) is 10.2. The molecule has 0 aliphatic rings. The molecule has 0 atom stereocenters. The molecule has 1 heterocycles. The van der Waals surface area contributed by atoms with Crippen LogP contribution in [0.3, 0.4) is 0 Å². The molecule has 118 valence electrons. The molecule has 3 rings (SSSR count). The van der Waals surface area contributed by atoms with Crippen molar-refractivity contribution in [2.24, 2.45) is 0 Å². The largest absolute Gasteiger partial charge is 0.496 e. The SMILES string of the molecule is COc1ccccc1-c1cc(-c2ccc(F)cc2)c(C#N)c(N)n1. The molecule has 2 N–H and O–H groups in total. The molecular weight excluding hydrogens is 305 g/mol. The fourth-order valence-corrected chi connectivity index (χ4v) is 2.53. The first kappa shape index (κ1) is 15.5. The van der Waals surface area contributed by atoms with Gasteiger partial charge in [0.15, 0.2) is 0 Å². The van der Waals surface area contributed by atoms with Gasteiger partial charge in [0.05, 0.1) is 12.8 Å². The number of halogens is 1. The second kappa shape index (κ2) is 6.39. The third kappa shape index (κ3) is 2.77. The highest BCUT2D eigenvalue weighted by Gasteiger charge is 2.15. The Morgan fingerprint density at radius 3 is 2.46 bits per heavy atom. The molecule has 0 aliphatic heterocycles. The lowest BCUT2D eigenvalue weighted by atomic mass is 9.98. The topological polar surface area (TPSA) is 71.9 Å². The maximum Gasteiger partial charge on any atom is 0.142 e. The van der Waals surface area contributed by atoms with E-state index in [-0.39, 0.29) is 17.2 Å². The molecule has 0 saturated heterocycles. The maximum absolute atomic E-state index is 13.2. The van der Waals surface area contributed by atoms with Gasteiger partial charge in [0.25, 0.3) is 0 Å². The third-order valence-electron chi connectivity index (χ3n) is 3.70. The van der Waals surface area contributed by atoms with Gasteiger partial charge in [-0.2, -0.15) is 5.26 Å². The number of nitrogens with zero attached hydrogens (tertiary/aromatic N) is 2. The van der Waals surface area contributed by atoms with Gasteiger partial charge in [-0.25, -0.2) is 9.37 Å². The van der Waals surface area contributed by atoms with Gasteiger partial charge in [-0.3, -0.25) is 0 Å². The molecule has 5 heteroatoms. The summed E-state index contributed by atoms with van der Waals surface area (Å²) in [6.07, 6.45) is 0. The number of nitrogen functional groups attached to an aromatic ring is 1. The quantitative estimate of drug-likeness (QED) is 0.791. The summed E-state index contributed by atoms with van der Waals surface area (Å²) >= 11 is 0. The molecule has 2 aromatic carbocycles. The fourth-order valence-electron chi connectivity index (χ4n) is 2.53. The molecule has 0 radical (unpaired) electrons. The predicted octanol–water partition coefficient (Wildman–Crippen LogP) is 4.02. The smallest absolute Gasteiger partial charge is 0.142 e. The first-order valence-electron chi connectivity index (χ1n) is 7.24.